The largest absolute Gasteiger partial charge is 0.327 e. The van der Waals surface area contributed by atoms with E-state index >= 15 is 0 Å². The minimum Gasteiger partial charge on any atom is -0.327 e. The third-order valence-electron chi connectivity index (χ3n) is 4.99. The van der Waals surface area contributed by atoms with E-state index in [1.165, 1.54) is 25.7 Å². The quantitative estimate of drug-likeness (QED) is 0.668. The molecule has 4 heteroatoms. The summed E-state index contributed by atoms with van der Waals surface area (Å²) in [5, 5.41) is 11.0. The van der Waals surface area contributed by atoms with Gasteiger partial charge in [-0.3, -0.25) is 10.1 Å². The molecule has 0 amide bonds. The summed E-state index contributed by atoms with van der Waals surface area (Å²) in [7, 11) is 0. The average Bonchev–Trinajstić information content (AvgIpc) is 3.01. The fraction of sp³-hybridized carbons (Fsp3) is 0.600. The predicted molar refractivity (Wildman–Crippen MR) is 73.7 cm³/mol. The van der Waals surface area contributed by atoms with Crippen molar-refractivity contribution in [3.63, 3.8) is 0 Å². The topological polar surface area (TPSA) is 69.2 Å². The molecule has 4 nitrogen and oxygen atoms in total. The Morgan fingerprint density at radius 3 is 2.74 bits per heavy atom. The second-order valence-electron chi connectivity index (χ2n) is 6.09. The molecule has 0 aromatic heterocycles. The standard InChI is InChI=1S/C15H20N2O2/c16-14(13-8-10-5-6-11(13)7-10)9-12-3-1-2-4-15(12)17(18)19/h1-4,10-11,13-14H,5-9,16H2. The smallest absolute Gasteiger partial charge is 0.272 e. The summed E-state index contributed by atoms with van der Waals surface area (Å²) in [6, 6.07) is 7.05. The number of benzene rings is 1. The van der Waals surface area contributed by atoms with Gasteiger partial charge in [0.15, 0.2) is 0 Å². The Balaban J connectivity index is 1.73. The van der Waals surface area contributed by atoms with Crippen molar-refractivity contribution in [3.8, 4) is 0 Å². The molecule has 2 N–H and O–H groups in total. The summed E-state index contributed by atoms with van der Waals surface area (Å²) in [5.41, 5.74) is 7.33. The van der Waals surface area contributed by atoms with Crippen LogP contribution in [0.1, 0.15) is 31.2 Å². The van der Waals surface area contributed by atoms with E-state index in [4.69, 9.17) is 5.73 Å². The minimum absolute atomic E-state index is 0.0661. The van der Waals surface area contributed by atoms with Gasteiger partial charge in [0, 0.05) is 17.7 Å². The molecule has 102 valence electrons. The van der Waals surface area contributed by atoms with Crippen LogP contribution in [-0.4, -0.2) is 11.0 Å². The first-order valence-corrected chi connectivity index (χ1v) is 7.13. The Bertz CT molecular complexity index is 489. The molecule has 2 saturated carbocycles. The highest BCUT2D eigenvalue weighted by molar-refractivity contribution is 5.40. The molecule has 0 aliphatic heterocycles. The summed E-state index contributed by atoms with van der Waals surface area (Å²) < 4.78 is 0. The fourth-order valence-electron chi connectivity index (χ4n) is 4.09. The van der Waals surface area contributed by atoms with Gasteiger partial charge in [0.05, 0.1) is 4.92 Å². The molecule has 19 heavy (non-hydrogen) atoms. The number of para-hydroxylation sites is 1. The number of nitrogens with zero attached hydrogens (tertiary/aromatic N) is 1. The van der Waals surface area contributed by atoms with Gasteiger partial charge < -0.3 is 5.73 Å². The van der Waals surface area contributed by atoms with Gasteiger partial charge in [0.25, 0.3) is 5.69 Å². The van der Waals surface area contributed by atoms with Crippen molar-refractivity contribution in [2.75, 3.05) is 0 Å². The van der Waals surface area contributed by atoms with Crippen LogP contribution in [0.5, 0.6) is 0 Å². The molecule has 4 atom stereocenters. The SMILES string of the molecule is NC(Cc1ccccc1[N+](=O)[O-])C1CC2CCC1C2. The van der Waals surface area contributed by atoms with E-state index in [1.807, 2.05) is 12.1 Å². The molecule has 2 bridgehead atoms. The lowest BCUT2D eigenvalue weighted by Gasteiger charge is -2.27. The van der Waals surface area contributed by atoms with Gasteiger partial charge in [-0.1, -0.05) is 24.6 Å². The summed E-state index contributed by atoms with van der Waals surface area (Å²) >= 11 is 0. The molecule has 0 saturated heterocycles. The predicted octanol–water partition coefficient (Wildman–Crippen LogP) is 2.90. The molecule has 0 radical (unpaired) electrons. The molecule has 1 aromatic carbocycles. The van der Waals surface area contributed by atoms with Crippen molar-refractivity contribution in [1.82, 2.24) is 0 Å². The molecule has 2 aliphatic carbocycles. The van der Waals surface area contributed by atoms with Crippen LogP contribution in [0.2, 0.25) is 0 Å². The van der Waals surface area contributed by atoms with Crippen LogP contribution in [-0.2, 0) is 6.42 Å². The maximum Gasteiger partial charge on any atom is 0.272 e. The van der Waals surface area contributed by atoms with E-state index < -0.39 is 0 Å². The van der Waals surface area contributed by atoms with Gasteiger partial charge in [-0.05, 0) is 43.4 Å². The lowest BCUT2D eigenvalue weighted by Crippen LogP contribution is -2.35. The second kappa shape index (κ2) is 4.93. The first-order chi connectivity index (χ1) is 9.15. The third-order valence-corrected chi connectivity index (χ3v) is 4.99. The number of hydrogen-bond donors (Lipinski definition) is 1. The van der Waals surface area contributed by atoms with Crippen molar-refractivity contribution in [3.05, 3.63) is 39.9 Å². The molecule has 3 rings (SSSR count). The summed E-state index contributed by atoms with van der Waals surface area (Å²) in [6.07, 6.45) is 5.85. The van der Waals surface area contributed by atoms with Crippen LogP contribution in [0.15, 0.2) is 24.3 Å². The molecule has 1 aromatic rings. The second-order valence-corrected chi connectivity index (χ2v) is 6.09. The number of fused-ring (bicyclic) bond motifs is 2. The maximum absolute atomic E-state index is 11.0. The summed E-state index contributed by atoms with van der Waals surface area (Å²) in [4.78, 5) is 10.7. The third kappa shape index (κ3) is 2.37. The zero-order valence-corrected chi connectivity index (χ0v) is 11.0. The van der Waals surface area contributed by atoms with Crippen LogP contribution >= 0.6 is 0 Å². The van der Waals surface area contributed by atoms with Gasteiger partial charge in [0.1, 0.15) is 0 Å². The number of nitro benzene ring substituents is 1. The van der Waals surface area contributed by atoms with Crippen molar-refractivity contribution in [2.45, 2.75) is 38.1 Å². The number of hydrogen-bond acceptors (Lipinski definition) is 3. The lowest BCUT2D eigenvalue weighted by atomic mass is 9.81. The van der Waals surface area contributed by atoms with Crippen LogP contribution < -0.4 is 5.73 Å². The molecule has 0 heterocycles. The van der Waals surface area contributed by atoms with Crippen molar-refractivity contribution < 1.29 is 4.92 Å². The van der Waals surface area contributed by atoms with Crippen LogP contribution in [0, 0.1) is 27.9 Å². The lowest BCUT2D eigenvalue weighted by molar-refractivity contribution is -0.385. The van der Waals surface area contributed by atoms with Gasteiger partial charge in [-0.15, -0.1) is 0 Å². The monoisotopic (exact) mass is 260 g/mol. The average molecular weight is 260 g/mol. The normalized spacial score (nSPS) is 30.5. The van der Waals surface area contributed by atoms with Gasteiger partial charge >= 0.3 is 0 Å². The Morgan fingerprint density at radius 2 is 2.11 bits per heavy atom. The maximum atomic E-state index is 11.0. The van der Waals surface area contributed by atoms with Crippen molar-refractivity contribution >= 4 is 5.69 Å². The van der Waals surface area contributed by atoms with Gasteiger partial charge in [0.2, 0.25) is 0 Å². The highest BCUT2D eigenvalue weighted by Crippen LogP contribution is 2.49. The first kappa shape index (κ1) is 12.6. The van der Waals surface area contributed by atoms with E-state index in [2.05, 4.69) is 0 Å². The number of nitro groups is 1. The Hall–Kier alpha value is -1.42. The van der Waals surface area contributed by atoms with Gasteiger partial charge in [-0.2, -0.15) is 0 Å². The molecular weight excluding hydrogens is 240 g/mol. The Morgan fingerprint density at radius 1 is 1.32 bits per heavy atom. The number of rotatable bonds is 4. The van der Waals surface area contributed by atoms with Crippen LogP contribution in [0.3, 0.4) is 0 Å². The van der Waals surface area contributed by atoms with Crippen LogP contribution in [0.4, 0.5) is 5.69 Å². The molecule has 2 aliphatic rings. The Labute approximate surface area is 113 Å². The van der Waals surface area contributed by atoms with Crippen LogP contribution in [0.25, 0.3) is 0 Å². The van der Waals surface area contributed by atoms with E-state index in [1.54, 1.807) is 12.1 Å². The van der Waals surface area contributed by atoms with E-state index in [-0.39, 0.29) is 16.7 Å². The van der Waals surface area contributed by atoms with Crippen molar-refractivity contribution in [1.29, 1.82) is 0 Å². The first-order valence-electron chi connectivity index (χ1n) is 7.13. The summed E-state index contributed by atoms with van der Waals surface area (Å²) in [5.74, 6) is 2.20. The minimum atomic E-state index is -0.303. The highest BCUT2D eigenvalue weighted by Gasteiger charge is 2.42. The van der Waals surface area contributed by atoms with Crippen molar-refractivity contribution in [2.24, 2.45) is 23.5 Å². The zero-order chi connectivity index (χ0) is 13.4. The fourth-order valence-corrected chi connectivity index (χ4v) is 4.09. The molecular formula is C15H20N2O2. The molecule has 4 unspecified atom stereocenters. The van der Waals surface area contributed by atoms with Gasteiger partial charge in [-0.25, -0.2) is 0 Å². The van der Waals surface area contributed by atoms with E-state index in [9.17, 15) is 10.1 Å². The number of nitrogens with two attached hydrogens (primary N) is 1. The van der Waals surface area contributed by atoms with E-state index in [0.717, 1.165) is 17.4 Å². The highest BCUT2D eigenvalue weighted by atomic mass is 16.6. The van der Waals surface area contributed by atoms with E-state index in [0.29, 0.717) is 12.3 Å². The Kier molecular flexibility index (Phi) is 3.27. The summed E-state index contributed by atoms with van der Waals surface area (Å²) in [6.45, 7) is 0. The zero-order valence-electron chi connectivity index (χ0n) is 11.0. The molecule has 0 spiro atoms. The molecule has 2 fully saturated rings.